The van der Waals surface area contributed by atoms with Crippen LogP contribution in [0, 0.1) is 12.8 Å². The Kier molecular flexibility index (Phi) is 5.54. The molecule has 27 heavy (non-hydrogen) atoms. The van der Waals surface area contributed by atoms with Gasteiger partial charge in [-0.2, -0.15) is 0 Å². The van der Waals surface area contributed by atoms with Gasteiger partial charge in [-0.25, -0.2) is 0 Å². The molecule has 1 saturated heterocycles. The van der Waals surface area contributed by atoms with Crippen molar-refractivity contribution in [3.05, 3.63) is 41.7 Å². The first-order valence-electron chi connectivity index (χ1n) is 8.83. The summed E-state index contributed by atoms with van der Waals surface area (Å²) >= 11 is 0. The number of benzene rings is 1. The van der Waals surface area contributed by atoms with Gasteiger partial charge in [0.2, 0.25) is 11.8 Å². The largest absolute Gasteiger partial charge is 0.360 e. The third-order valence-electron chi connectivity index (χ3n) is 4.48. The van der Waals surface area contributed by atoms with E-state index in [1.54, 1.807) is 42.2 Å². The zero-order chi connectivity index (χ0) is 19.4. The predicted molar refractivity (Wildman–Crippen MR) is 99.2 cm³/mol. The Balaban J connectivity index is 1.52. The molecule has 1 aliphatic rings. The van der Waals surface area contributed by atoms with E-state index < -0.39 is 0 Å². The van der Waals surface area contributed by atoms with Crippen molar-refractivity contribution >= 4 is 29.2 Å². The second kappa shape index (κ2) is 8.03. The van der Waals surface area contributed by atoms with E-state index >= 15 is 0 Å². The van der Waals surface area contributed by atoms with Crippen molar-refractivity contribution in [2.75, 3.05) is 23.7 Å². The molecule has 0 bridgehead atoms. The van der Waals surface area contributed by atoms with E-state index in [0.29, 0.717) is 48.8 Å². The second-order valence-corrected chi connectivity index (χ2v) is 6.64. The Morgan fingerprint density at radius 3 is 2.33 bits per heavy atom. The number of rotatable bonds is 4. The molecule has 2 N–H and O–H groups in total. The number of amides is 3. The minimum absolute atomic E-state index is 0.0737. The van der Waals surface area contributed by atoms with Crippen molar-refractivity contribution < 1.29 is 18.9 Å². The molecular formula is C19H22N4O4. The lowest BCUT2D eigenvalue weighted by Crippen LogP contribution is -2.41. The first-order chi connectivity index (χ1) is 12.9. The Labute approximate surface area is 156 Å². The van der Waals surface area contributed by atoms with Gasteiger partial charge < -0.3 is 20.1 Å². The predicted octanol–water partition coefficient (Wildman–Crippen LogP) is 2.43. The summed E-state index contributed by atoms with van der Waals surface area (Å²) in [5, 5.41) is 9.18. The molecule has 1 aromatic carbocycles. The molecular weight excluding hydrogens is 348 g/mol. The number of aryl methyl sites for hydroxylation is 1. The molecule has 0 saturated carbocycles. The van der Waals surface area contributed by atoms with Crippen LogP contribution in [-0.2, 0) is 9.59 Å². The molecule has 3 amide bonds. The number of piperidine rings is 1. The van der Waals surface area contributed by atoms with Crippen molar-refractivity contribution in [1.82, 2.24) is 10.1 Å². The molecule has 0 radical (unpaired) electrons. The first kappa shape index (κ1) is 18.6. The zero-order valence-corrected chi connectivity index (χ0v) is 15.3. The molecule has 8 heteroatoms. The maximum atomic E-state index is 12.6. The van der Waals surface area contributed by atoms with Gasteiger partial charge in [0, 0.05) is 43.2 Å². The first-order valence-corrected chi connectivity index (χ1v) is 8.83. The number of nitrogens with one attached hydrogen (secondary N) is 2. The number of carbonyl (C=O) groups excluding carboxylic acids is 3. The maximum Gasteiger partial charge on any atom is 0.253 e. The minimum Gasteiger partial charge on any atom is -0.360 e. The number of hydrogen-bond donors (Lipinski definition) is 2. The van der Waals surface area contributed by atoms with E-state index in [2.05, 4.69) is 15.8 Å². The maximum absolute atomic E-state index is 12.6. The van der Waals surface area contributed by atoms with E-state index in [1.807, 2.05) is 0 Å². The van der Waals surface area contributed by atoms with Crippen LogP contribution in [0.3, 0.4) is 0 Å². The lowest BCUT2D eigenvalue weighted by Gasteiger charge is -2.31. The van der Waals surface area contributed by atoms with Crippen LogP contribution >= 0.6 is 0 Å². The number of aromatic nitrogens is 1. The highest BCUT2D eigenvalue weighted by Gasteiger charge is 2.28. The van der Waals surface area contributed by atoms with E-state index in [4.69, 9.17) is 4.52 Å². The summed E-state index contributed by atoms with van der Waals surface area (Å²) in [6, 6.07) is 8.46. The highest BCUT2D eigenvalue weighted by Crippen LogP contribution is 2.21. The molecule has 1 fully saturated rings. The zero-order valence-electron chi connectivity index (χ0n) is 15.3. The average molecular weight is 370 g/mol. The number of nitrogens with zero attached hydrogens (tertiary/aromatic N) is 2. The van der Waals surface area contributed by atoms with Gasteiger partial charge in [-0.05, 0) is 44.0 Å². The number of carbonyl (C=O) groups is 3. The lowest BCUT2D eigenvalue weighted by molar-refractivity contribution is -0.121. The van der Waals surface area contributed by atoms with Crippen LogP contribution < -0.4 is 10.6 Å². The van der Waals surface area contributed by atoms with Crippen LogP contribution in [-0.4, -0.2) is 40.9 Å². The molecule has 2 heterocycles. The van der Waals surface area contributed by atoms with Crippen molar-refractivity contribution in [2.24, 2.45) is 5.92 Å². The monoisotopic (exact) mass is 370 g/mol. The summed E-state index contributed by atoms with van der Waals surface area (Å²) in [7, 11) is 0. The quantitative estimate of drug-likeness (QED) is 0.860. The van der Waals surface area contributed by atoms with Gasteiger partial charge in [-0.1, -0.05) is 5.16 Å². The van der Waals surface area contributed by atoms with Gasteiger partial charge in [0.25, 0.3) is 5.91 Å². The SMILES string of the molecule is CC(=O)Nc1ccc(C(=O)N2CCC(C(=O)Nc3cc(C)on3)CC2)cc1. The normalized spacial score (nSPS) is 14.7. The second-order valence-electron chi connectivity index (χ2n) is 6.64. The van der Waals surface area contributed by atoms with Crippen LogP contribution in [0.25, 0.3) is 0 Å². The fraction of sp³-hybridized carbons (Fsp3) is 0.368. The van der Waals surface area contributed by atoms with Crippen molar-refractivity contribution in [1.29, 1.82) is 0 Å². The summed E-state index contributed by atoms with van der Waals surface area (Å²) in [5.41, 5.74) is 1.21. The summed E-state index contributed by atoms with van der Waals surface area (Å²) in [6.45, 7) is 4.23. The Hall–Kier alpha value is -3.16. The van der Waals surface area contributed by atoms with Crippen LogP contribution in [0.2, 0.25) is 0 Å². The van der Waals surface area contributed by atoms with Gasteiger partial charge >= 0.3 is 0 Å². The highest BCUT2D eigenvalue weighted by atomic mass is 16.5. The van der Waals surface area contributed by atoms with Gasteiger partial charge in [0.15, 0.2) is 5.82 Å². The number of likely N-dealkylation sites (tertiary alicyclic amines) is 1. The van der Waals surface area contributed by atoms with Crippen molar-refractivity contribution in [2.45, 2.75) is 26.7 Å². The van der Waals surface area contributed by atoms with Crippen LogP contribution in [0.4, 0.5) is 11.5 Å². The third-order valence-corrected chi connectivity index (χ3v) is 4.48. The fourth-order valence-corrected chi connectivity index (χ4v) is 3.08. The number of anilines is 2. The van der Waals surface area contributed by atoms with Crippen LogP contribution in [0.5, 0.6) is 0 Å². The van der Waals surface area contributed by atoms with Gasteiger partial charge in [-0.3, -0.25) is 14.4 Å². The smallest absolute Gasteiger partial charge is 0.253 e. The van der Waals surface area contributed by atoms with Gasteiger partial charge in [-0.15, -0.1) is 0 Å². The molecule has 1 aliphatic heterocycles. The molecule has 0 unspecified atom stereocenters. The molecule has 1 aromatic heterocycles. The lowest BCUT2D eigenvalue weighted by atomic mass is 9.95. The van der Waals surface area contributed by atoms with Gasteiger partial charge in [0.1, 0.15) is 5.76 Å². The topological polar surface area (TPSA) is 105 Å². The minimum atomic E-state index is -0.159. The van der Waals surface area contributed by atoms with E-state index in [0.717, 1.165) is 0 Å². The summed E-state index contributed by atoms with van der Waals surface area (Å²) in [5.74, 6) is 0.555. The fourth-order valence-electron chi connectivity index (χ4n) is 3.08. The van der Waals surface area contributed by atoms with Crippen LogP contribution in [0.15, 0.2) is 34.9 Å². The summed E-state index contributed by atoms with van der Waals surface area (Å²) < 4.78 is 4.94. The molecule has 0 atom stereocenters. The van der Waals surface area contributed by atoms with Crippen molar-refractivity contribution in [3.8, 4) is 0 Å². The summed E-state index contributed by atoms with van der Waals surface area (Å²) in [6.07, 6.45) is 1.19. The van der Waals surface area contributed by atoms with E-state index in [-0.39, 0.29) is 23.6 Å². The molecule has 3 rings (SSSR count). The Morgan fingerprint density at radius 2 is 1.78 bits per heavy atom. The van der Waals surface area contributed by atoms with Gasteiger partial charge in [0.05, 0.1) is 0 Å². The van der Waals surface area contributed by atoms with E-state index in [1.165, 1.54) is 6.92 Å². The third kappa shape index (κ3) is 4.72. The molecule has 142 valence electrons. The molecule has 0 spiro atoms. The van der Waals surface area contributed by atoms with Crippen LogP contribution in [0.1, 0.15) is 35.9 Å². The molecule has 2 aromatic rings. The Bertz CT molecular complexity index is 836. The highest BCUT2D eigenvalue weighted by molar-refractivity contribution is 5.96. The van der Waals surface area contributed by atoms with Crippen molar-refractivity contribution in [3.63, 3.8) is 0 Å². The standard InChI is InChI=1S/C19H22N4O4/c1-12-11-17(22-27-12)21-18(25)14-7-9-23(10-8-14)19(26)15-3-5-16(6-4-15)20-13(2)24/h3-6,11,14H,7-10H2,1-2H3,(H,20,24)(H,21,22,25). The molecule has 0 aliphatic carbocycles. The number of hydrogen-bond acceptors (Lipinski definition) is 5. The summed E-state index contributed by atoms with van der Waals surface area (Å²) in [4.78, 5) is 37.7. The Morgan fingerprint density at radius 1 is 1.11 bits per heavy atom. The van der Waals surface area contributed by atoms with E-state index in [9.17, 15) is 14.4 Å². The average Bonchev–Trinajstić information content (AvgIpc) is 3.06. The molecule has 8 nitrogen and oxygen atoms in total.